The predicted octanol–water partition coefficient (Wildman–Crippen LogP) is -3.07. The van der Waals surface area contributed by atoms with Crippen molar-refractivity contribution in [2.45, 2.75) is 0 Å². The summed E-state index contributed by atoms with van der Waals surface area (Å²) in [5.41, 5.74) is 0. The van der Waals surface area contributed by atoms with Gasteiger partial charge in [0.05, 0.1) is 32.7 Å². The second kappa shape index (κ2) is 15.1. The van der Waals surface area contributed by atoms with Crippen molar-refractivity contribution in [3.05, 3.63) is 0 Å². The maximum atomic E-state index is 11.0. The zero-order valence-electron chi connectivity index (χ0n) is 15.1. The molecule has 13 nitrogen and oxygen atoms in total. The Morgan fingerprint density at radius 2 is 0.607 bits per heavy atom. The molecule has 5 N–H and O–H groups in total. The van der Waals surface area contributed by atoms with Crippen LogP contribution in [0.2, 0.25) is 0 Å². The number of hydrogen-bond acceptors (Lipinski definition) is 8. The van der Waals surface area contributed by atoms with E-state index >= 15 is 0 Å². The van der Waals surface area contributed by atoms with Crippen molar-refractivity contribution in [1.82, 2.24) is 14.7 Å². The van der Waals surface area contributed by atoms with Crippen LogP contribution >= 0.6 is 0 Å². The molecule has 0 aliphatic carbocycles. The van der Waals surface area contributed by atoms with Crippen LogP contribution in [0.15, 0.2) is 0 Å². The summed E-state index contributed by atoms with van der Waals surface area (Å²) in [6.07, 6.45) is 0. The first-order chi connectivity index (χ1) is 12.5. The van der Waals surface area contributed by atoms with Crippen LogP contribution < -0.4 is 0 Å². The van der Waals surface area contributed by atoms with Gasteiger partial charge in [0.25, 0.3) is 0 Å². The normalized spacial score (nSPS) is 10.7. The number of nitrogens with zero attached hydrogens (tertiary/aromatic N) is 3. The molecule has 0 aromatic carbocycles. The summed E-state index contributed by atoms with van der Waals surface area (Å²) in [5, 5.41) is 44.1. The van der Waals surface area contributed by atoms with Crippen LogP contribution in [0.3, 0.4) is 0 Å². The molecule has 154 valence electrons. The fourth-order valence-corrected chi connectivity index (χ4v) is 2.22. The van der Waals surface area contributed by atoms with Gasteiger partial charge in [0.2, 0.25) is 0 Å². The monoisotopic (exact) mass is 508 g/mol. The van der Waals surface area contributed by atoms with Gasteiger partial charge in [-0.25, -0.2) is 0 Å². The first-order valence-corrected chi connectivity index (χ1v) is 7.75. The molecule has 0 bridgehead atoms. The average Bonchev–Trinajstić information content (AvgIpc) is 2.46. The molecule has 0 fully saturated rings. The van der Waals surface area contributed by atoms with Crippen LogP contribution in [0.4, 0.5) is 0 Å². The smallest absolute Gasteiger partial charge is 0.480 e. The molecule has 28 heavy (non-hydrogen) atoms. The third-order valence-electron chi connectivity index (χ3n) is 3.26. The van der Waals surface area contributed by atoms with Gasteiger partial charge < -0.3 is 25.5 Å². The summed E-state index contributed by atoms with van der Waals surface area (Å²) in [5.74, 6) is -6.16. The van der Waals surface area contributed by atoms with Crippen LogP contribution in [-0.4, -0.2) is 155 Å². The Morgan fingerprint density at radius 1 is 0.429 bits per heavy atom. The maximum absolute atomic E-state index is 11.0. The van der Waals surface area contributed by atoms with E-state index in [4.69, 9.17) is 25.5 Å². The summed E-state index contributed by atoms with van der Waals surface area (Å²) in [7, 11) is 0. The third kappa shape index (κ3) is 16.3. The van der Waals surface area contributed by atoms with Crippen molar-refractivity contribution in [2.24, 2.45) is 0 Å². The van der Waals surface area contributed by atoms with Crippen molar-refractivity contribution < 1.29 is 49.5 Å². The minimum absolute atomic E-state index is 0. The van der Waals surface area contributed by atoms with Gasteiger partial charge in [-0.05, 0) is 0 Å². The topological polar surface area (TPSA) is 196 Å². The Bertz CT molecular complexity index is 487. The van der Waals surface area contributed by atoms with E-state index < -0.39 is 62.6 Å². The van der Waals surface area contributed by atoms with Crippen LogP contribution in [0.25, 0.3) is 0 Å². The van der Waals surface area contributed by atoms with E-state index in [0.29, 0.717) is 0 Å². The van der Waals surface area contributed by atoms with Crippen LogP contribution in [0, 0.1) is 0 Å². The summed E-state index contributed by atoms with van der Waals surface area (Å²) in [4.78, 5) is 57.6. The number of carboxylic acid groups (broad SMARTS) is 5. The fourth-order valence-electron chi connectivity index (χ4n) is 2.22. The molecular formula is C14H23InN3O10+3. The first-order valence-electron chi connectivity index (χ1n) is 7.75. The van der Waals surface area contributed by atoms with E-state index in [1.165, 1.54) is 4.90 Å². The molecule has 0 atom stereocenters. The van der Waals surface area contributed by atoms with Crippen molar-refractivity contribution in [3.8, 4) is 0 Å². The molecule has 0 unspecified atom stereocenters. The summed E-state index contributed by atoms with van der Waals surface area (Å²) >= 11 is 0. The van der Waals surface area contributed by atoms with E-state index in [1.54, 1.807) is 0 Å². The average molecular weight is 508 g/mol. The Kier molecular flexibility index (Phi) is 15.2. The molecule has 0 aromatic heterocycles. The molecule has 0 rings (SSSR count). The molecule has 0 aliphatic heterocycles. The SMILES string of the molecule is O=C(O)CN(CCN(CC(=O)O)CC(=O)O)CCN(CC(=O)O)CC(=O)O.[In+3]. The van der Waals surface area contributed by atoms with Gasteiger partial charge in [-0.3, -0.25) is 38.7 Å². The largest absolute Gasteiger partial charge is 3.00 e. The zero-order chi connectivity index (χ0) is 21.0. The number of aliphatic carboxylic acids is 5. The predicted molar refractivity (Wildman–Crippen MR) is 93.3 cm³/mol. The van der Waals surface area contributed by atoms with Crippen LogP contribution in [-0.2, 0) is 24.0 Å². The summed E-state index contributed by atoms with van der Waals surface area (Å²) in [6.45, 7) is -2.74. The van der Waals surface area contributed by atoms with E-state index in [-0.39, 0.29) is 52.0 Å². The Hall–Kier alpha value is -1.90. The third-order valence-corrected chi connectivity index (χ3v) is 3.26. The summed E-state index contributed by atoms with van der Waals surface area (Å²) in [6, 6.07) is 0. The van der Waals surface area contributed by atoms with Crippen molar-refractivity contribution in [1.29, 1.82) is 0 Å². The van der Waals surface area contributed by atoms with Crippen molar-refractivity contribution in [2.75, 3.05) is 58.9 Å². The van der Waals surface area contributed by atoms with E-state index in [2.05, 4.69) is 0 Å². The van der Waals surface area contributed by atoms with Gasteiger partial charge in [-0.2, -0.15) is 0 Å². The molecule has 14 heteroatoms. The van der Waals surface area contributed by atoms with Gasteiger partial charge in [0.1, 0.15) is 0 Å². The Morgan fingerprint density at radius 3 is 0.821 bits per heavy atom. The number of carbonyl (C=O) groups is 5. The van der Waals surface area contributed by atoms with E-state index in [0.717, 1.165) is 9.80 Å². The molecule has 0 spiro atoms. The van der Waals surface area contributed by atoms with E-state index in [1.807, 2.05) is 0 Å². The summed E-state index contributed by atoms with van der Waals surface area (Å²) < 4.78 is 0. The molecular weight excluding hydrogens is 485 g/mol. The van der Waals surface area contributed by atoms with Crippen LogP contribution in [0.5, 0.6) is 0 Å². The minimum Gasteiger partial charge on any atom is -0.480 e. The van der Waals surface area contributed by atoms with Gasteiger partial charge >= 0.3 is 55.7 Å². The number of hydrogen-bond donors (Lipinski definition) is 5. The second-order valence-corrected chi connectivity index (χ2v) is 5.67. The Balaban J connectivity index is 0. The van der Waals surface area contributed by atoms with E-state index in [9.17, 15) is 24.0 Å². The molecule has 0 saturated carbocycles. The zero-order valence-corrected chi connectivity index (χ0v) is 18.4. The first kappa shape index (κ1) is 28.3. The molecule has 0 radical (unpaired) electrons. The quantitative estimate of drug-likeness (QED) is 0.141. The molecule has 0 aliphatic rings. The van der Waals surface area contributed by atoms with Crippen LogP contribution in [0.1, 0.15) is 0 Å². The van der Waals surface area contributed by atoms with Gasteiger partial charge in [0, 0.05) is 26.2 Å². The molecule has 0 amide bonds. The van der Waals surface area contributed by atoms with Crippen molar-refractivity contribution >= 4 is 55.7 Å². The van der Waals surface area contributed by atoms with Gasteiger partial charge in [-0.1, -0.05) is 0 Å². The number of rotatable bonds is 16. The molecule has 0 saturated heterocycles. The minimum atomic E-state index is -1.24. The second-order valence-electron chi connectivity index (χ2n) is 5.67. The number of carboxylic acids is 5. The van der Waals surface area contributed by atoms with Gasteiger partial charge in [-0.15, -0.1) is 0 Å². The molecule has 0 heterocycles. The van der Waals surface area contributed by atoms with Crippen molar-refractivity contribution in [3.63, 3.8) is 0 Å². The standard InChI is InChI=1S/C14H23N3O10.In/c18-10(19)5-15(1-3-16(6-11(20)21)7-12(22)23)2-4-17(8-13(24)25)9-14(26)27;/h1-9H2,(H,18,19)(H,20,21)(H,22,23)(H,24,25)(H,26,27);/q;+3. The Labute approximate surface area is 178 Å². The maximum Gasteiger partial charge on any atom is 3.00 e. The van der Waals surface area contributed by atoms with Gasteiger partial charge in [0.15, 0.2) is 0 Å². The fraction of sp³-hybridized carbons (Fsp3) is 0.643. The molecule has 0 aromatic rings.